The average Bonchev–Trinajstić information content (AvgIpc) is 3.23. The number of hydrogen-bond acceptors (Lipinski definition) is 6. The first kappa shape index (κ1) is 21.4. The Morgan fingerprint density at radius 3 is 3.03 bits per heavy atom. The molecule has 0 bridgehead atoms. The normalized spacial score (nSPS) is 19.1. The number of ether oxygens (including phenoxy) is 1. The molecule has 1 atom stereocenters. The number of nitrogens with one attached hydrogen (secondary N) is 1. The van der Waals surface area contributed by atoms with E-state index in [1.54, 1.807) is 4.90 Å². The second-order valence-corrected chi connectivity index (χ2v) is 8.36. The van der Waals surface area contributed by atoms with E-state index >= 15 is 0 Å². The van der Waals surface area contributed by atoms with Gasteiger partial charge < -0.3 is 19.4 Å². The van der Waals surface area contributed by atoms with Gasteiger partial charge >= 0.3 is 0 Å². The van der Waals surface area contributed by atoms with Crippen LogP contribution in [0.25, 0.3) is 0 Å². The van der Waals surface area contributed by atoms with Gasteiger partial charge in [-0.2, -0.15) is 0 Å². The lowest BCUT2D eigenvalue weighted by Crippen LogP contribution is -2.39. The van der Waals surface area contributed by atoms with Crippen molar-refractivity contribution in [3.8, 4) is 5.75 Å². The van der Waals surface area contributed by atoms with Crippen LogP contribution in [-0.4, -0.2) is 54.0 Å². The van der Waals surface area contributed by atoms with Gasteiger partial charge in [0.25, 0.3) is 11.8 Å². The lowest BCUT2D eigenvalue weighted by Gasteiger charge is -2.33. The number of fused-ring (bicyclic) bond motifs is 1. The second kappa shape index (κ2) is 9.51. The summed E-state index contributed by atoms with van der Waals surface area (Å²) in [5.41, 5.74) is 1.94. The Morgan fingerprint density at radius 1 is 1.32 bits per heavy atom. The first-order chi connectivity index (χ1) is 15.0. The van der Waals surface area contributed by atoms with Crippen LogP contribution in [0.4, 0.5) is 5.69 Å². The van der Waals surface area contributed by atoms with Crippen molar-refractivity contribution in [2.75, 3.05) is 31.1 Å². The van der Waals surface area contributed by atoms with Crippen LogP contribution in [0.3, 0.4) is 0 Å². The SMILES string of the molecule is Cc1ccc2c(c1)N(Cc1nc(C(=O)NCCCN3CCCC[C@H]3C)co1)C(=O)CO2. The maximum absolute atomic E-state index is 12.4. The fraction of sp³-hybridized carbons (Fsp3) is 0.522. The van der Waals surface area contributed by atoms with E-state index < -0.39 is 0 Å². The molecule has 8 heteroatoms. The highest BCUT2D eigenvalue weighted by atomic mass is 16.5. The van der Waals surface area contributed by atoms with Crippen molar-refractivity contribution in [2.24, 2.45) is 0 Å². The Kier molecular flexibility index (Phi) is 6.56. The highest BCUT2D eigenvalue weighted by Gasteiger charge is 2.27. The molecule has 1 N–H and O–H groups in total. The predicted molar refractivity (Wildman–Crippen MR) is 116 cm³/mol. The zero-order valence-corrected chi connectivity index (χ0v) is 18.2. The highest BCUT2D eigenvalue weighted by molar-refractivity contribution is 5.97. The third-order valence-electron chi connectivity index (χ3n) is 5.98. The molecular formula is C23H30N4O4. The molecule has 4 rings (SSSR count). The number of nitrogens with zero attached hydrogens (tertiary/aromatic N) is 3. The van der Waals surface area contributed by atoms with E-state index in [4.69, 9.17) is 9.15 Å². The van der Waals surface area contributed by atoms with Gasteiger partial charge in [-0.25, -0.2) is 4.98 Å². The molecule has 1 aromatic carbocycles. The van der Waals surface area contributed by atoms with Gasteiger partial charge in [0.2, 0.25) is 5.89 Å². The maximum Gasteiger partial charge on any atom is 0.273 e. The average molecular weight is 427 g/mol. The molecule has 8 nitrogen and oxygen atoms in total. The third-order valence-corrected chi connectivity index (χ3v) is 5.98. The summed E-state index contributed by atoms with van der Waals surface area (Å²) in [6, 6.07) is 6.31. The van der Waals surface area contributed by atoms with Gasteiger partial charge in [-0.05, 0) is 57.4 Å². The van der Waals surface area contributed by atoms with Crippen LogP contribution in [0.1, 0.15) is 54.5 Å². The zero-order chi connectivity index (χ0) is 21.8. The molecule has 2 aliphatic rings. The van der Waals surface area contributed by atoms with Crippen molar-refractivity contribution in [3.05, 3.63) is 41.6 Å². The Labute approximate surface area is 182 Å². The van der Waals surface area contributed by atoms with Crippen molar-refractivity contribution in [1.29, 1.82) is 0 Å². The molecule has 2 amide bonds. The number of likely N-dealkylation sites (tertiary alicyclic amines) is 1. The van der Waals surface area contributed by atoms with Gasteiger partial charge in [0.15, 0.2) is 12.3 Å². The molecule has 3 heterocycles. The van der Waals surface area contributed by atoms with Gasteiger partial charge in [0.05, 0.1) is 5.69 Å². The number of carbonyl (C=O) groups is 2. The topological polar surface area (TPSA) is 87.9 Å². The third kappa shape index (κ3) is 5.07. The van der Waals surface area contributed by atoms with Crippen molar-refractivity contribution in [2.45, 2.75) is 52.1 Å². The first-order valence-corrected chi connectivity index (χ1v) is 11.0. The van der Waals surface area contributed by atoms with Gasteiger partial charge in [-0.15, -0.1) is 0 Å². The van der Waals surface area contributed by atoms with Crippen molar-refractivity contribution in [1.82, 2.24) is 15.2 Å². The summed E-state index contributed by atoms with van der Waals surface area (Å²) in [6.07, 6.45) is 6.07. The zero-order valence-electron chi connectivity index (χ0n) is 18.2. The lowest BCUT2D eigenvalue weighted by atomic mass is 10.0. The number of anilines is 1. The molecule has 0 saturated carbocycles. The molecule has 1 saturated heterocycles. The quantitative estimate of drug-likeness (QED) is 0.685. The Bertz CT molecular complexity index is 941. The number of aryl methyl sites for hydroxylation is 1. The molecule has 1 fully saturated rings. The van der Waals surface area contributed by atoms with Crippen LogP contribution >= 0.6 is 0 Å². The minimum Gasteiger partial charge on any atom is -0.482 e. The summed E-state index contributed by atoms with van der Waals surface area (Å²) in [5.74, 6) is 0.535. The molecule has 0 aliphatic carbocycles. The fourth-order valence-electron chi connectivity index (χ4n) is 4.17. The summed E-state index contributed by atoms with van der Waals surface area (Å²) in [7, 11) is 0. The Balaban J connectivity index is 1.31. The van der Waals surface area contributed by atoms with Gasteiger partial charge in [-0.1, -0.05) is 12.5 Å². The van der Waals surface area contributed by atoms with E-state index in [0.717, 1.165) is 25.1 Å². The van der Waals surface area contributed by atoms with Gasteiger partial charge in [0, 0.05) is 19.1 Å². The molecule has 31 heavy (non-hydrogen) atoms. The Hall–Kier alpha value is -2.87. The number of amides is 2. The van der Waals surface area contributed by atoms with Gasteiger partial charge in [0.1, 0.15) is 18.6 Å². The molecule has 2 aliphatic heterocycles. The van der Waals surface area contributed by atoms with Crippen molar-refractivity contribution in [3.63, 3.8) is 0 Å². The number of hydrogen-bond donors (Lipinski definition) is 1. The molecule has 0 unspecified atom stereocenters. The van der Waals surface area contributed by atoms with Crippen LogP contribution < -0.4 is 15.0 Å². The minimum absolute atomic E-state index is 0.0280. The predicted octanol–water partition coefficient (Wildman–Crippen LogP) is 2.90. The van der Waals surface area contributed by atoms with Crippen molar-refractivity contribution >= 4 is 17.5 Å². The second-order valence-electron chi connectivity index (χ2n) is 8.36. The van der Waals surface area contributed by atoms with E-state index in [2.05, 4.69) is 22.1 Å². The monoisotopic (exact) mass is 426 g/mol. The van der Waals surface area contributed by atoms with E-state index in [-0.39, 0.29) is 30.7 Å². The minimum atomic E-state index is -0.258. The first-order valence-electron chi connectivity index (χ1n) is 11.0. The molecule has 0 spiro atoms. The summed E-state index contributed by atoms with van der Waals surface area (Å²) in [4.78, 5) is 33.2. The van der Waals surface area contributed by atoms with E-state index in [0.29, 0.717) is 29.9 Å². The molecule has 0 radical (unpaired) electrons. The van der Waals surface area contributed by atoms with Crippen LogP contribution in [0, 0.1) is 6.92 Å². The van der Waals surface area contributed by atoms with E-state index in [1.807, 2.05) is 25.1 Å². The van der Waals surface area contributed by atoms with Crippen LogP contribution in [-0.2, 0) is 11.3 Å². The highest BCUT2D eigenvalue weighted by Crippen LogP contribution is 2.33. The van der Waals surface area contributed by atoms with E-state index in [9.17, 15) is 9.59 Å². The number of oxazole rings is 1. The molecule has 1 aromatic heterocycles. The van der Waals surface area contributed by atoms with Crippen LogP contribution in [0.5, 0.6) is 5.75 Å². The number of piperidine rings is 1. The van der Waals surface area contributed by atoms with Crippen LogP contribution in [0.2, 0.25) is 0 Å². The number of rotatable bonds is 7. The summed E-state index contributed by atoms with van der Waals surface area (Å²) >= 11 is 0. The number of carbonyl (C=O) groups excluding carboxylic acids is 2. The summed E-state index contributed by atoms with van der Waals surface area (Å²) < 4.78 is 11.0. The summed E-state index contributed by atoms with van der Waals surface area (Å²) in [6.45, 7) is 7.08. The maximum atomic E-state index is 12.4. The van der Waals surface area contributed by atoms with Crippen LogP contribution in [0.15, 0.2) is 28.9 Å². The number of aromatic nitrogens is 1. The molecule has 2 aromatic rings. The fourth-order valence-corrected chi connectivity index (χ4v) is 4.17. The van der Waals surface area contributed by atoms with E-state index in [1.165, 1.54) is 25.5 Å². The molecule has 166 valence electrons. The standard InChI is InChI=1S/C23H30N4O4/c1-16-7-8-20-19(12-16)27(22(28)15-30-20)13-21-25-18(14-31-21)23(29)24-9-5-11-26-10-4-3-6-17(26)2/h7-8,12,14,17H,3-6,9-11,13,15H2,1-2H3,(H,24,29)/t17-/m1/s1. The molecular weight excluding hydrogens is 396 g/mol. The van der Waals surface area contributed by atoms with Gasteiger partial charge in [-0.3, -0.25) is 14.5 Å². The smallest absolute Gasteiger partial charge is 0.273 e. The Morgan fingerprint density at radius 2 is 2.19 bits per heavy atom. The lowest BCUT2D eigenvalue weighted by molar-refractivity contribution is -0.121. The summed E-state index contributed by atoms with van der Waals surface area (Å²) in [5, 5.41) is 2.91. The van der Waals surface area contributed by atoms with Crippen molar-refractivity contribution < 1.29 is 18.7 Å². The number of benzene rings is 1. The largest absolute Gasteiger partial charge is 0.482 e.